The maximum absolute atomic E-state index is 10.4. The van der Waals surface area contributed by atoms with Crippen molar-refractivity contribution in [1.82, 2.24) is 0 Å². The molecular weight excluding hydrogens is 268 g/mol. The molecule has 1 aliphatic carbocycles. The SMILES string of the molecule is CC1(C)Cc2cc(O)c3c(c2O1)CCC/C3=N\N=C(N)N. The van der Waals surface area contributed by atoms with Gasteiger partial charge in [0.05, 0.1) is 5.71 Å². The van der Waals surface area contributed by atoms with Crippen molar-refractivity contribution in [2.24, 2.45) is 21.7 Å². The van der Waals surface area contributed by atoms with Crippen LogP contribution in [0.5, 0.6) is 11.5 Å². The Morgan fingerprint density at radius 2 is 2.10 bits per heavy atom. The number of aromatic hydroxyl groups is 1. The van der Waals surface area contributed by atoms with Crippen LogP contribution in [0.3, 0.4) is 0 Å². The van der Waals surface area contributed by atoms with Gasteiger partial charge >= 0.3 is 0 Å². The summed E-state index contributed by atoms with van der Waals surface area (Å²) in [5.74, 6) is 1.03. The minimum absolute atomic E-state index is 0.0901. The Morgan fingerprint density at radius 3 is 2.81 bits per heavy atom. The van der Waals surface area contributed by atoms with E-state index >= 15 is 0 Å². The normalized spacial score (nSPS) is 20.6. The van der Waals surface area contributed by atoms with Gasteiger partial charge in [-0.05, 0) is 39.2 Å². The Bertz CT molecular complexity index is 658. The van der Waals surface area contributed by atoms with Crippen LogP contribution in [0.4, 0.5) is 0 Å². The predicted octanol–water partition coefficient (Wildman–Crippen LogP) is 1.42. The maximum atomic E-state index is 10.4. The van der Waals surface area contributed by atoms with Crippen molar-refractivity contribution >= 4 is 11.7 Å². The summed E-state index contributed by atoms with van der Waals surface area (Å²) in [6.45, 7) is 4.10. The number of guanidine groups is 1. The summed E-state index contributed by atoms with van der Waals surface area (Å²) in [7, 11) is 0. The summed E-state index contributed by atoms with van der Waals surface area (Å²) in [5.41, 5.74) is 13.9. The number of hydrogen-bond acceptors (Lipinski definition) is 4. The van der Waals surface area contributed by atoms with Crippen molar-refractivity contribution in [3.05, 3.63) is 22.8 Å². The highest BCUT2D eigenvalue weighted by Crippen LogP contribution is 2.45. The Kier molecular flexibility index (Phi) is 3.04. The fourth-order valence-electron chi connectivity index (χ4n) is 3.13. The van der Waals surface area contributed by atoms with E-state index in [1.54, 1.807) is 6.07 Å². The molecule has 0 saturated heterocycles. The smallest absolute Gasteiger partial charge is 0.211 e. The van der Waals surface area contributed by atoms with Crippen LogP contribution in [0.1, 0.15) is 43.4 Å². The molecule has 0 bridgehead atoms. The molecule has 0 aromatic heterocycles. The minimum atomic E-state index is -0.238. The Labute approximate surface area is 123 Å². The predicted molar refractivity (Wildman–Crippen MR) is 81.8 cm³/mol. The third-order valence-electron chi connectivity index (χ3n) is 3.84. The van der Waals surface area contributed by atoms with Gasteiger partial charge in [-0.2, -0.15) is 5.10 Å². The van der Waals surface area contributed by atoms with Gasteiger partial charge in [-0.15, -0.1) is 5.10 Å². The number of ether oxygens (including phenoxy) is 1. The first-order valence-electron chi connectivity index (χ1n) is 7.10. The molecule has 0 unspecified atom stereocenters. The van der Waals surface area contributed by atoms with Crippen LogP contribution in [0.15, 0.2) is 16.3 Å². The zero-order chi connectivity index (χ0) is 15.2. The molecule has 21 heavy (non-hydrogen) atoms. The van der Waals surface area contributed by atoms with Crippen LogP contribution in [-0.2, 0) is 12.8 Å². The summed E-state index contributed by atoms with van der Waals surface area (Å²) < 4.78 is 6.07. The van der Waals surface area contributed by atoms with Crippen LogP contribution < -0.4 is 16.2 Å². The van der Waals surface area contributed by atoms with E-state index in [1.165, 1.54) is 0 Å². The van der Waals surface area contributed by atoms with Gasteiger partial charge < -0.3 is 21.3 Å². The lowest BCUT2D eigenvalue weighted by molar-refractivity contribution is 0.137. The van der Waals surface area contributed by atoms with E-state index in [-0.39, 0.29) is 17.3 Å². The molecule has 1 aromatic rings. The molecule has 5 N–H and O–H groups in total. The number of hydrogen-bond donors (Lipinski definition) is 3. The van der Waals surface area contributed by atoms with Crippen LogP contribution in [0.2, 0.25) is 0 Å². The Hall–Kier alpha value is -2.24. The molecule has 0 saturated carbocycles. The molecular formula is C15H20N4O2. The van der Waals surface area contributed by atoms with Crippen molar-refractivity contribution in [2.75, 3.05) is 0 Å². The topological polar surface area (TPSA) is 106 Å². The van der Waals surface area contributed by atoms with E-state index in [9.17, 15) is 5.11 Å². The number of phenolic OH excluding ortho intramolecular Hbond substituents is 1. The highest BCUT2D eigenvalue weighted by atomic mass is 16.5. The second kappa shape index (κ2) is 4.65. The van der Waals surface area contributed by atoms with Crippen molar-refractivity contribution in [3.63, 3.8) is 0 Å². The van der Waals surface area contributed by atoms with Gasteiger partial charge in [0, 0.05) is 23.1 Å². The first-order valence-corrected chi connectivity index (χ1v) is 7.10. The van der Waals surface area contributed by atoms with Gasteiger partial charge in [-0.3, -0.25) is 0 Å². The first kappa shape index (κ1) is 13.7. The maximum Gasteiger partial charge on any atom is 0.211 e. The van der Waals surface area contributed by atoms with E-state index in [0.717, 1.165) is 48.1 Å². The second-order valence-electron chi connectivity index (χ2n) is 6.20. The summed E-state index contributed by atoms with van der Waals surface area (Å²) >= 11 is 0. The zero-order valence-electron chi connectivity index (χ0n) is 12.3. The van der Waals surface area contributed by atoms with E-state index < -0.39 is 0 Å². The number of nitrogens with two attached hydrogens (primary N) is 2. The van der Waals surface area contributed by atoms with Gasteiger partial charge in [0.2, 0.25) is 5.96 Å². The average Bonchev–Trinajstić information content (AvgIpc) is 2.70. The van der Waals surface area contributed by atoms with Gasteiger partial charge in [-0.25, -0.2) is 0 Å². The lowest BCUT2D eigenvalue weighted by atomic mass is 9.86. The summed E-state index contributed by atoms with van der Waals surface area (Å²) in [5, 5.41) is 18.2. The van der Waals surface area contributed by atoms with Crippen molar-refractivity contribution in [3.8, 4) is 11.5 Å². The second-order valence-corrected chi connectivity index (χ2v) is 6.20. The molecule has 0 atom stereocenters. The van der Waals surface area contributed by atoms with E-state index in [4.69, 9.17) is 16.2 Å². The number of phenols is 1. The standard InChI is InChI=1S/C15H20N4O2/c1-15(2)7-8-6-11(20)12-9(13(8)21-15)4-3-5-10(12)18-19-14(16)17/h6,20H,3-5,7H2,1-2H3,(H4,16,17,19)/b18-10+. The summed E-state index contributed by atoms with van der Waals surface area (Å²) in [6.07, 6.45) is 3.33. The monoisotopic (exact) mass is 288 g/mol. The van der Waals surface area contributed by atoms with Crippen LogP contribution in [-0.4, -0.2) is 22.4 Å². The Balaban J connectivity index is 2.14. The average molecular weight is 288 g/mol. The molecule has 0 radical (unpaired) electrons. The fraction of sp³-hybridized carbons (Fsp3) is 0.467. The van der Waals surface area contributed by atoms with Gasteiger partial charge in [0.1, 0.15) is 17.1 Å². The van der Waals surface area contributed by atoms with E-state index in [1.807, 2.05) is 13.8 Å². The van der Waals surface area contributed by atoms with Crippen LogP contribution in [0.25, 0.3) is 0 Å². The summed E-state index contributed by atoms with van der Waals surface area (Å²) in [4.78, 5) is 0. The van der Waals surface area contributed by atoms with Gasteiger partial charge in [0.15, 0.2) is 0 Å². The third-order valence-corrected chi connectivity index (χ3v) is 3.84. The molecule has 1 aliphatic heterocycles. The molecule has 112 valence electrons. The van der Waals surface area contributed by atoms with Gasteiger partial charge in [0.25, 0.3) is 0 Å². The lowest BCUT2D eigenvalue weighted by Crippen LogP contribution is -2.25. The highest BCUT2D eigenvalue weighted by Gasteiger charge is 2.35. The minimum Gasteiger partial charge on any atom is -0.507 e. The molecule has 1 heterocycles. The number of benzene rings is 1. The molecule has 0 fully saturated rings. The van der Waals surface area contributed by atoms with Crippen LogP contribution in [0, 0.1) is 0 Å². The van der Waals surface area contributed by atoms with E-state index in [0.29, 0.717) is 5.71 Å². The lowest BCUT2D eigenvalue weighted by Gasteiger charge is -2.23. The molecule has 6 nitrogen and oxygen atoms in total. The largest absolute Gasteiger partial charge is 0.507 e. The molecule has 2 aliphatic rings. The fourth-order valence-corrected chi connectivity index (χ4v) is 3.13. The molecule has 3 rings (SSSR count). The van der Waals surface area contributed by atoms with Crippen molar-refractivity contribution in [2.45, 2.75) is 45.1 Å². The van der Waals surface area contributed by atoms with Crippen LogP contribution >= 0.6 is 0 Å². The number of fused-ring (bicyclic) bond motifs is 3. The molecule has 6 heteroatoms. The van der Waals surface area contributed by atoms with Gasteiger partial charge in [-0.1, -0.05) is 0 Å². The summed E-state index contributed by atoms with van der Waals surface area (Å²) in [6, 6.07) is 1.78. The zero-order valence-corrected chi connectivity index (χ0v) is 12.3. The Morgan fingerprint density at radius 1 is 1.33 bits per heavy atom. The van der Waals surface area contributed by atoms with E-state index in [2.05, 4.69) is 10.2 Å². The third kappa shape index (κ3) is 2.41. The molecule has 0 amide bonds. The number of nitrogens with zero attached hydrogens (tertiary/aromatic N) is 2. The first-order chi connectivity index (χ1) is 9.87. The van der Waals surface area contributed by atoms with Crippen molar-refractivity contribution in [1.29, 1.82) is 0 Å². The number of rotatable bonds is 1. The highest BCUT2D eigenvalue weighted by molar-refractivity contribution is 6.06. The van der Waals surface area contributed by atoms with Crippen molar-refractivity contribution < 1.29 is 9.84 Å². The quantitative estimate of drug-likeness (QED) is 0.413. The molecule has 0 spiro atoms. The molecule has 1 aromatic carbocycles.